The molecule has 1 saturated carbocycles. The lowest BCUT2D eigenvalue weighted by atomic mass is 9.61. The lowest BCUT2D eigenvalue weighted by molar-refractivity contribution is 0.0381. The van der Waals surface area contributed by atoms with Crippen LogP contribution in [-0.4, -0.2) is 12.1 Å². The van der Waals surface area contributed by atoms with E-state index in [1.165, 1.54) is 38.6 Å². The Morgan fingerprint density at radius 1 is 1.00 bits per heavy atom. The van der Waals surface area contributed by atoms with Crippen LogP contribution in [0.1, 0.15) is 38.5 Å². The first kappa shape index (κ1) is 9.97. The third kappa shape index (κ3) is 1.54. The van der Waals surface area contributed by atoms with Crippen molar-refractivity contribution in [3.05, 3.63) is 25.3 Å². The molecular weight excluding hydrogens is 170 g/mol. The average Bonchev–Trinajstić information content (AvgIpc) is 2.22. The molecule has 3 fully saturated rings. The van der Waals surface area contributed by atoms with Crippen molar-refractivity contribution < 1.29 is 0 Å². The molecule has 0 atom stereocenters. The van der Waals surface area contributed by atoms with Crippen LogP contribution in [0.15, 0.2) is 25.3 Å². The Balaban J connectivity index is 2.04. The fourth-order valence-corrected chi connectivity index (χ4v) is 3.12. The second kappa shape index (κ2) is 3.54. The van der Waals surface area contributed by atoms with Crippen LogP contribution < -0.4 is 5.32 Å². The fourth-order valence-electron chi connectivity index (χ4n) is 3.12. The van der Waals surface area contributed by atoms with Gasteiger partial charge in [0.05, 0.1) is 0 Å². The van der Waals surface area contributed by atoms with E-state index in [0.717, 1.165) is 6.42 Å². The standard InChI is InChI=1S/C13H21N/c1-3-5-12-7-9-13(6-4-2,10-8-12)14-11-12/h3-4,14H,1-2,5-11H2. The Morgan fingerprint density at radius 2 is 1.64 bits per heavy atom. The smallest absolute Gasteiger partial charge is 0.0216 e. The Labute approximate surface area is 87.3 Å². The monoisotopic (exact) mass is 191 g/mol. The maximum Gasteiger partial charge on any atom is 0.0216 e. The molecule has 0 aromatic heterocycles. The number of piperidine rings is 2. The molecule has 1 N–H and O–H groups in total. The summed E-state index contributed by atoms with van der Waals surface area (Å²) in [7, 11) is 0. The quantitative estimate of drug-likeness (QED) is 0.673. The van der Waals surface area contributed by atoms with Crippen LogP contribution in [0.3, 0.4) is 0 Å². The van der Waals surface area contributed by atoms with Gasteiger partial charge in [-0.1, -0.05) is 12.2 Å². The zero-order chi connectivity index (χ0) is 10.1. The van der Waals surface area contributed by atoms with Crippen molar-refractivity contribution >= 4 is 0 Å². The molecule has 0 unspecified atom stereocenters. The molecule has 2 aliphatic heterocycles. The van der Waals surface area contributed by atoms with Crippen LogP contribution in [0.25, 0.3) is 0 Å². The summed E-state index contributed by atoms with van der Waals surface area (Å²) in [5.74, 6) is 0. The van der Waals surface area contributed by atoms with Crippen molar-refractivity contribution in [3.8, 4) is 0 Å². The van der Waals surface area contributed by atoms with Crippen LogP contribution >= 0.6 is 0 Å². The van der Waals surface area contributed by atoms with Gasteiger partial charge in [0.2, 0.25) is 0 Å². The van der Waals surface area contributed by atoms with Gasteiger partial charge in [-0.15, -0.1) is 13.2 Å². The molecule has 3 aliphatic rings. The van der Waals surface area contributed by atoms with Gasteiger partial charge in [-0.2, -0.15) is 0 Å². The van der Waals surface area contributed by atoms with Crippen molar-refractivity contribution in [2.45, 2.75) is 44.1 Å². The highest BCUT2D eigenvalue weighted by Gasteiger charge is 2.46. The van der Waals surface area contributed by atoms with E-state index in [0.29, 0.717) is 11.0 Å². The highest BCUT2D eigenvalue weighted by Crippen LogP contribution is 2.48. The molecule has 1 aliphatic carbocycles. The van der Waals surface area contributed by atoms with E-state index < -0.39 is 0 Å². The van der Waals surface area contributed by atoms with Crippen molar-refractivity contribution in [3.63, 3.8) is 0 Å². The maximum absolute atomic E-state index is 3.87. The first-order chi connectivity index (χ1) is 6.74. The normalized spacial score (nSPS) is 40.9. The maximum atomic E-state index is 3.87. The van der Waals surface area contributed by atoms with E-state index in [9.17, 15) is 0 Å². The van der Waals surface area contributed by atoms with Gasteiger partial charge in [-0.3, -0.25) is 0 Å². The van der Waals surface area contributed by atoms with Gasteiger partial charge in [-0.05, 0) is 43.9 Å². The summed E-state index contributed by atoms with van der Waals surface area (Å²) < 4.78 is 0. The molecule has 14 heavy (non-hydrogen) atoms. The lowest BCUT2D eigenvalue weighted by Crippen LogP contribution is -2.59. The van der Waals surface area contributed by atoms with Gasteiger partial charge in [-0.25, -0.2) is 0 Å². The average molecular weight is 191 g/mol. The minimum absolute atomic E-state index is 0.407. The summed E-state index contributed by atoms with van der Waals surface area (Å²) in [6.07, 6.45) is 11.9. The molecule has 0 spiro atoms. The molecule has 0 aromatic carbocycles. The van der Waals surface area contributed by atoms with Crippen molar-refractivity contribution in [1.29, 1.82) is 0 Å². The van der Waals surface area contributed by atoms with Crippen LogP contribution in [0.4, 0.5) is 0 Å². The first-order valence-electron chi connectivity index (χ1n) is 5.71. The van der Waals surface area contributed by atoms with Gasteiger partial charge < -0.3 is 5.32 Å². The van der Waals surface area contributed by atoms with Crippen molar-refractivity contribution in [2.24, 2.45) is 5.41 Å². The van der Waals surface area contributed by atoms with E-state index >= 15 is 0 Å². The molecule has 0 radical (unpaired) electrons. The number of rotatable bonds is 4. The Bertz CT molecular complexity index is 191. The van der Waals surface area contributed by atoms with Gasteiger partial charge in [0.15, 0.2) is 0 Å². The molecule has 2 saturated heterocycles. The van der Waals surface area contributed by atoms with Gasteiger partial charge in [0, 0.05) is 12.1 Å². The Kier molecular flexibility index (Phi) is 2.52. The molecule has 0 aromatic rings. The molecule has 78 valence electrons. The largest absolute Gasteiger partial charge is 0.310 e. The first-order valence-corrected chi connectivity index (χ1v) is 5.71. The lowest BCUT2D eigenvalue weighted by Gasteiger charge is -2.54. The van der Waals surface area contributed by atoms with Crippen molar-refractivity contribution in [2.75, 3.05) is 6.54 Å². The van der Waals surface area contributed by atoms with Crippen LogP contribution in [0, 0.1) is 5.41 Å². The molecule has 0 amide bonds. The van der Waals surface area contributed by atoms with Crippen molar-refractivity contribution in [1.82, 2.24) is 5.32 Å². The molecule has 1 nitrogen and oxygen atoms in total. The molecule has 3 rings (SSSR count). The fraction of sp³-hybridized carbons (Fsp3) is 0.692. The molecule has 1 heteroatoms. The highest BCUT2D eigenvalue weighted by molar-refractivity contribution is 5.08. The number of nitrogens with one attached hydrogen (secondary N) is 1. The second-order valence-corrected chi connectivity index (χ2v) is 5.12. The minimum atomic E-state index is 0.407. The van der Waals surface area contributed by atoms with E-state index in [2.05, 4.69) is 30.6 Å². The molecular formula is C13H21N. The predicted octanol–water partition coefficient (Wildman–Crippen LogP) is 3.04. The Hall–Kier alpha value is -0.560. The SMILES string of the molecule is C=CCC12CCC(CC=C)(CC1)NC2. The summed E-state index contributed by atoms with van der Waals surface area (Å²) in [6, 6.07) is 0. The minimum Gasteiger partial charge on any atom is -0.310 e. The second-order valence-electron chi connectivity index (χ2n) is 5.12. The van der Waals surface area contributed by atoms with E-state index in [1.807, 2.05) is 0 Å². The Morgan fingerprint density at radius 3 is 2.07 bits per heavy atom. The summed E-state index contributed by atoms with van der Waals surface area (Å²) in [5, 5.41) is 3.74. The van der Waals surface area contributed by atoms with Gasteiger partial charge in [0.1, 0.15) is 0 Å². The predicted molar refractivity (Wildman–Crippen MR) is 61.3 cm³/mol. The summed E-state index contributed by atoms with van der Waals surface area (Å²) >= 11 is 0. The van der Waals surface area contributed by atoms with Gasteiger partial charge in [0.25, 0.3) is 0 Å². The van der Waals surface area contributed by atoms with E-state index in [1.54, 1.807) is 0 Å². The topological polar surface area (TPSA) is 12.0 Å². The van der Waals surface area contributed by atoms with Crippen LogP contribution in [0.2, 0.25) is 0 Å². The summed E-state index contributed by atoms with van der Waals surface area (Å²) in [5.41, 5.74) is 0.954. The van der Waals surface area contributed by atoms with E-state index in [-0.39, 0.29) is 0 Å². The molecule has 2 bridgehead atoms. The summed E-state index contributed by atoms with van der Waals surface area (Å²) in [6.45, 7) is 8.92. The summed E-state index contributed by atoms with van der Waals surface area (Å²) in [4.78, 5) is 0. The number of hydrogen-bond acceptors (Lipinski definition) is 1. The molecule has 2 heterocycles. The third-order valence-corrected chi connectivity index (χ3v) is 4.22. The number of hydrogen-bond donors (Lipinski definition) is 1. The zero-order valence-electron chi connectivity index (χ0n) is 9.02. The third-order valence-electron chi connectivity index (χ3n) is 4.22. The number of fused-ring (bicyclic) bond motifs is 3. The van der Waals surface area contributed by atoms with Crippen LogP contribution in [-0.2, 0) is 0 Å². The van der Waals surface area contributed by atoms with Crippen LogP contribution in [0.5, 0.6) is 0 Å². The number of allylic oxidation sites excluding steroid dienone is 1. The van der Waals surface area contributed by atoms with E-state index in [4.69, 9.17) is 0 Å². The highest BCUT2D eigenvalue weighted by atomic mass is 15.0. The van der Waals surface area contributed by atoms with Gasteiger partial charge >= 0.3 is 0 Å². The zero-order valence-corrected chi connectivity index (χ0v) is 9.02.